The summed E-state index contributed by atoms with van der Waals surface area (Å²) < 4.78 is 0. The Labute approximate surface area is 101 Å². The van der Waals surface area contributed by atoms with Gasteiger partial charge in [-0.3, -0.25) is 0 Å². The van der Waals surface area contributed by atoms with E-state index < -0.39 is 0 Å². The van der Waals surface area contributed by atoms with Crippen molar-refractivity contribution in [2.75, 3.05) is 19.6 Å². The summed E-state index contributed by atoms with van der Waals surface area (Å²) in [4.78, 5) is 0. The van der Waals surface area contributed by atoms with Crippen molar-refractivity contribution in [1.82, 2.24) is 10.6 Å². The van der Waals surface area contributed by atoms with Crippen LogP contribution >= 0.6 is 0 Å². The van der Waals surface area contributed by atoms with Gasteiger partial charge >= 0.3 is 0 Å². The maximum absolute atomic E-state index is 3.73. The Kier molecular flexibility index (Phi) is 3.91. The van der Waals surface area contributed by atoms with Crippen LogP contribution in [0.5, 0.6) is 0 Å². The number of nitrogens with one attached hydrogen (secondary N) is 2. The van der Waals surface area contributed by atoms with Crippen LogP contribution in [0.25, 0.3) is 0 Å². The molecule has 0 aromatic rings. The summed E-state index contributed by atoms with van der Waals surface area (Å²) in [5, 5.41) is 7.46. The third-order valence-electron chi connectivity index (χ3n) is 4.64. The standard InChI is InChI=1S/C14H28N2/c1-3-6-14(9-5-10-16-14)12-15-11-13(2)7-4-8-13/h15-16H,3-12H2,1-2H3. The summed E-state index contributed by atoms with van der Waals surface area (Å²) in [6.07, 6.45) is 9.64. The van der Waals surface area contributed by atoms with Crippen LogP contribution in [0.2, 0.25) is 0 Å². The zero-order valence-electron chi connectivity index (χ0n) is 11.1. The van der Waals surface area contributed by atoms with Crippen molar-refractivity contribution in [3.05, 3.63) is 0 Å². The normalized spacial score (nSPS) is 32.6. The largest absolute Gasteiger partial charge is 0.314 e. The van der Waals surface area contributed by atoms with E-state index in [1.807, 2.05) is 0 Å². The Balaban J connectivity index is 1.73. The van der Waals surface area contributed by atoms with Crippen LogP contribution in [0.15, 0.2) is 0 Å². The minimum Gasteiger partial charge on any atom is -0.314 e. The van der Waals surface area contributed by atoms with Gasteiger partial charge in [0.25, 0.3) is 0 Å². The highest BCUT2D eigenvalue weighted by Gasteiger charge is 2.35. The van der Waals surface area contributed by atoms with Crippen molar-refractivity contribution in [2.45, 2.75) is 64.3 Å². The quantitative estimate of drug-likeness (QED) is 0.725. The van der Waals surface area contributed by atoms with E-state index >= 15 is 0 Å². The number of rotatable bonds is 6. The molecule has 2 heteroatoms. The lowest BCUT2D eigenvalue weighted by Gasteiger charge is -2.40. The molecule has 1 saturated carbocycles. The second kappa shape index (κ2) is 5.05. The molecular formula is C14H28N2. The molecular weight excluding hydrogens is 196 g/mol. The van der Waals surface area contributed by atoms with Crippen LogP contribution in [-0.4, -0.2) is 25.2 Å². The molecule has 2 rings (SSSR count). The topological polar surface area (TPSA) is 24.1 Å². The molecule has 16 heavy (non-hydrogen) atoms. The molecule has 1 unspecified atom stereocenters. The predicted octanol–water partition coefficient (Wildman–Crippen LogP) is 2.69. The van der Waals surface area contributed by atoms with Crippen molar-refractivity contribution in [2.24, 2.45) is 5.41 Å². The molecule has 0 spiro atoms. The van der Waals surface area contributed by atoms with E-state index in [4.69, 9.17) is 0 Å². The first-order chi connectivity index (χ1) is 7.68. The lowest BCUT2D eigenvalue weighted by atomic mass is 9.70. The van der Waals surface area contributed by atoms with Crippen LogP contribution in [0.4, 0.5) is 0 Å². The maximum atomic E-state index is 3.73. The van der Waals surface area contributed by atoms with Gasteiger partial charge in [-0.2, -0.15) is 0 Å². The highest BCUT2D eigenvalue weighted by molar-refractivity contribution is 4.95. The Hall–Kier alpha value is -0.0800. The number of hydrogen-bond donors (Lipinski definition) is 2. The van der Waals surface area contributed by atoms with Crippen LogP contribution < -0.4 is 10.6 Å². The van der Waals surface area contributed by atoms with E-state index in [1.165, 1.54) is 64.6 Å². The summed E-state index contributed by atoms with van der Waals surface area (Å²) in [5.74, 6) is 0. The molecule has 2 aliphatic rings. The van der Waals surface area contributed by atoms with Gasteiger partial charge in [0.15, 0.2) is 0 Å². The molecule has 0 radical (unpaired) electrons. The summed E-state index contributed by atoms with van der Waals surface area (Å²) in [6, 6.07) is 0. The van der Waals surface area contributed by atoms with Crippen LogP contribution in [0.1, 0.15) is 58.8 Å². The average Bonchev–Trinajstić information content (AvgIpc) is 2.65. The SMILES string of the molecule is CCCC1(CNCC2(C)CCC2)CCCN1. The van der Waals surface area contributed by atoms with E-state index in [1.54, 1.807) is 0 Å². The van der Waals surface area contributed by atoms with E-state index in [9.17, 15) is 0 Å². The van der Waals surface area contributed by atoms with Gasteiger partial charge in [-0.05, 0) is 44.1 Å². The van der Waals surface area contributed by atoms with E-state index in [0.717, 1.165) is 0 Å². The Morgan fingerprint density at radius 1 is 1.12 bits per heavy atom. The summed E-state index contributed by atoms with van der Waals surface area (Å²) >= 11 is 0. The van der Waals surface area contributed by atoms with Crippen LogP contribution in [-0.2, 0) is 0 Å². The molecule has 0 amide bonds. The van der Waals surface area contributed by atoms with Crippen molar-refractivity contribution in [3.63, 3.8) is 0 Å². The minimum absolute atomic E-state index is 0.425. The first kappa shape index (κ1) is 12.4. The Morgan fingerprint density at radius 3 is 2.44 bits per heavy atom. The molecule has 2 N–H and O–H groups in total. The van der Waals surface area contributed by atoms with Crippen molar-refractivity contribution in [1.29, 1.82) is 0 Å². The maximum Gasteiger partial charge on any atom is 0.0306 e. The molecule has 2 fully saturated rings. The van der Waals surface area contributed by atoms with Gasteiger partial charge in [0.2, 0.25) is 0 Å². The third kappa shape index (κ3) is 2.78. The summed E-state index contributed by atoms with van der Waals surface area (Å²) in [6.45, 7) is 8.35. The molecule has 1 saturated heterocycles. The Bertz CT molecular complexity index is 215. The smallest absolute Gasteiger partial charge is 0.0306 e. The predicted molar refractivity (Wildman–Crippen MR) is 69.7 cm³/mol. The fourth-order valence-corrected chi connectivity index (χ4v) is 3.36. The van der Waals surface area contributed by atoms with Gasteiger partial charge in [-0.1, -0.05) is 26.7 Å². The zero-order chi connectivity index (χ0) is 11.5. The molecule has 0 bridgehead atoms. The van der Waals surface area contributed by atoms with Crippen molar-refractivity contribution in [3.8, 4) is 0 Å². The minimum atomic E-state index is 0.425. The van der Waals surface area contributed by atoms with Gasteiger partial charge < -0.3 is 10.6 Å². The number of hydrogen-bond acceptors (Lipinski definition) is 2. The average molecular weight is 224 g/mol. The Morgan fingerprint density at radius 2 is 1.94 bits per heavy atom. The zero-order valence-corrected chi connectivity index (χ0v) is 11.1. The molecule has 1 aliphatic carbocycles. The lowest BCUT2D eigenvalue weighted by Crippen LogP contribution is -2.50. The first-order valence-corrected chi connectivity index (χ1v) is 7.14. The van der Waals surface area contributed by atoms with Crippen molar-refractivity contribution < 1.29 is 0 Å². The van der Waals surface area contributed by atoms with E-state index in [0.29, 0.717) is 11.0 Å². The van der Waals surface area contributed by atoms with Crippen LogP contribution in [0, 0.1) is 5.41 Å². The van der Waals surface area contributed by atoms with Crippen LogP contribution in [0.3, 0.4) is 0 Å². The van der Waals surface area contributed by atoms with E-state index in [-0.39, 0.29) is 0 Å². The van der Waals surface area contributed by atoms with Gasteiger partial charge in [0.05, 0.1) is 0 Å². The second-order valence-corrected chi connectivity index (χ2v) is 6.33. The molecule has 0 aromatic heterocycles. The molecule has 0 aromatic carbocycles. The van der Waals surface area contributed by atoms with Gasteiger partial charge in [0, 0.05) is 18.6 Å². The van der Waals surface area contributed by atoms with Gasteiger partial charge in [-0.25, -0.2) is 0 Å². The van der Waals surface area contributed by atoms with Gasteiger partial charge in [-0.15, -0.1) is 0 Å². The second-order valence-electron chi connectivity index (χ2n) is 6.33. The molecule has 2 nitrogen and oxygen atoms in total. The van der Waals surface area contributed by atoms with Crippen molar-refractivity contribution >= 4 is 0 Å². The highest BCUT2D eigenvalue weighted by atomic mass is 15.1. The van der Waals surface area contributed by atoms with E-state index in [2.05, 4.69) is 24.5 Å². The summed E-state index contributed by atoms with van der Waals surface area (Å²) in [5.41, 5.74) is 1.04. The third-order valence-corrected chi connectivity index (χ3v) is 4.64. The molecule has 1 heterocycles. The first-order valence-electron chi connectivity index (χ1n) is 7.14. The summed E-state index contributed by atoms with van der Waals surface area (Å²) in [7, 11) is 0. The molecule has 1 aliphatic heterocycles. The molecule has 94 valence electrons. The highest BCUT2D eigenvalue weighted by Crippen LogP contribution is 2.39. The molecule has 1 atom stereocenters. The lowest BCUT2D eigenvalue weighted by molar-refractivity contribution is 0.150. The fraction of sp³-hybridized carbons (Fsp3) is 1.00. The fourth-order valence-electron chi connectivity index (χ4n) is 3.36. The monoisotopic (exact) mass is 224 g/mol. The van der Waals surface area contributed by atoms with Gasteiger partial charge in [0.1, 0.15) is 0 Å².